The number of ether oxygens (including phenoxy) is 2. The van der Waals surface area contributed by atoms with Crippen LogP contribution in [0.2, 0.25) is 0 Å². The number of aryl methyl sites for hydroxylation is 1. The number of nitrogens with one attached hydrogen (secondary N) is 1. The Balaban J connectivity index is 1.91. The average molecular weight is 367 g/mol. The number of rotatable bonds is 6. The Bertz CT molecular complexity index is 799. The fourth-order valence-electron chi connectivity index (χ4n) is 2.43. The lowest BCUT2D eigenvalue weighted by Crippen LogP contribution is -2.30. The van der Waals surface area contributed by atoms with Crippen LogP contribution in [-0.4, -0.2) is 39.3 Å². The molecule has 0 fully saturated rings. The Morgan fingerprint density at radius 2 is 2.08 bits per heavy atom. The maximum absolute atomic E-state index is 12.2. The fourth-order valence-corrected chi connectivity index (χ4v) is 3.83. The Labute approximate surface area is 146 Å². The molecular formula is C17H21NO6S. The van der Waals surface area contributed by atoms with Gasteiger partial charge in [0, 0.05) is 11.3 Å². The van der Waals surface area contributed by atoms with Gasteiger partial charge in [-0.3, -0.25) is 9.59 Å². The number of carbonyl (C=O) groups excluding carboxylic acids is 2. The predicted octanol–water partition coefficient (Wildman–Crippen LogP) is 1.82. The van der Waals surface area contributed by atoms with Crippen molar-refractivity contribution in [1.29, 1.82) is 0 Å². The second kappa shape index (κ2) is 7.69. The minimum Gasteiger partial charge on any atom is -0.495 e. The molecule has 25 heavy (non-hydrogen) atoms. The van der Waals surface area contributed by atoms with Crippen molar-refractivity contribution in [2.45, 2.75) is 26.4 Å². The highest BCUT2D eigenvalue weighted by Crippen LogP contribution is 2.25. The van der Waals surface area contributed by atoms with Crippen molar-refractivity contribution in [3.05, 3.63) is 35.2 Å². The third kappa shape index (κ3) is 5.32. The molecule has 1 aromatic rings. The smallest absolute Gasteiger partial charge is 0.307 e. The van der Waals surface area contributed by atoms with E-state index >= 15 is 0 Å². The Morgan fingerprint density at radius 1 is 1.36 bits per heavy atom. The van der Waals surface area contributed by atoms with Crippen molar-refractivity contribution in [1.82, 2.24) is 0 Å². The molecule has 0 aromatic heterocycles. The molecule has 1 aliphatic rings. The molecule has 1 aromatic carbocycles. The molecule has 0 aliphatic carbocycles. The highest BCUT2D eigenvalue weighted by molar-refractivity contribution is 7.94. The molecule has 8 heteroatoms. The molecule has 136 valence electrons. The number of hydrogen-bond donors (Lipinski definition) is 1. The number of esters is 1. The normalized spacial score (nSPS) is 19.2. The maximum Gasteiger partial charge on any atom is 0.307 e. The van der Waals surface area contributed by atoms with Gasteiger partial charge in [-0.2, -0.15) is 0 Å². The summed E-state index contributed by atoms with van der Waals surface area (Å²) in [5, 5.41) is 3.77. The number of amides is 1. The largest absolute Gasteiger partial charge is 0.495 e. The van der Waals surface area contributed by atoms with Gasteiger partial charge in [0.1, 0.15) is 5.75 Å². The first kappa shape index (κ1) is 19.0. The number of methoxy groups -OCH3 is 1. The van der Waals surface area contributed by atoms with E-state index in [0.29, 0.717) is 11.4 Å². The topological polar surface area (TPSA) is 98.8 Å². The second-order valence-electron chi connectivity index (χ2n) is 5.95. The zero-order chi connectivity index (χ0) is 18.6. The summed E-state index contributed by atoms with van der Waals surface area (Å²) >= 11 is 0. The van der Waals surface area contributed by atoms with Crippen LogP contribution in [-0.2, 0) is 24.2 Å². The summed E-state index contributed by atoms with van der Waals surface area (Å²) < 4.78 is 32.9. The summed E-state index contributed by atoms with van der Waals surface area (Å²) in [7, 11) is -1.73. The van der Waals surface area contributed by atoms with E-state index in [2.05, 4.69) is 5.32 Å². The first-order valence-electron chi connectivity index (χ1n) is 7.76. The summed E-state index contributed by atoms with van der Waals surface area (Å²) in [5.41, 5.74) is 1.43. The third-order valence-electron chi connectivity index (χ3n) is 3.72. The predicted molar refractivity (Wildman–Crippen MR) is 92.9 cm³/mol. The number of anilines is 1. The van der Waals surface area contributed by atoms with Gasteiger partial charge < -0.3 is 14.8 Å². The highest BCUT2D eigenvalue weighted by atomic mass is 32.2. The Hall–Kier alpha value is -2.35. The first-order chi connectivity index (χ1) is 11.7. The average Bonchev–Trinajstić information content (AvgIpc) is 2.86. The van der Waals surface area contributed by atoms with Crippen molar-refractivity contribution in [3.8, 4) is 5.75 Å². The Morgan fingerprint density at radius 3 is 2.68 bits per heavy atom. The summed E-state index contributed by atoms with van der Waals surface area (Å²) in [6.45, 7) is 3.33. The van der Waals surface area contributed by atoms with Crippen molar-refractivity contribution < 1.29 is 27.5 Å². The quantitative estimate of drug-likeness (QED) is 0.770. The molecule has 2 rings (SSSR count). The van der Waals surface area contributed by atoms with Crippen LogP contribution in [0.5, 0.6) is 5.75 Å². The van der Waals surface area contributed by atoms with E-state index in [4.69, 9.17) is 9.47 Å². The lowest BCUT2D eigenvalue weighted by molar-refractivity contribution is -0.153. The van der Waals surface area contributed by atoms with Crippen LogP contribution in [0.25, 0.3) is 0 Å². The van der Waals surface area contributed by atoms with Crippen molar-refractivity contribution in [3.63, 3.8) is 0 Å². The van der Waals surface area contributed by atoms with Gasteiger partial charge >= 0.3 is 5.97 Å². The van der Waals surface area contributed by atoms with E-state index in [1.54, 1.807) is 12.1 Å². The minimum absolute atomic E-state index is 0.0822. The van der Waals surface area contributed by atoms with Crippen LogP contribution < -0.4 is 10.1 Å². The summed E-state index contributed by atoms with van der Waals surface area (Å²) in [5.74, 6) is -1.13. The Kier molecular flexibility index (Phi) is 5.84. The van der Waals surface area contributed by atoms with Crippen LogP contribution >= 0.6 is 0 Å². The molecule has 0 spiro atoms. The fraction of sp³-hybridized carbons (Fsp3) is 0.412. The van der Waals surface area contributed by atoms with Gasteiger partial charge in [0.2, 0.25) is 0 Å². The van der Waals surface area contributed by atoms with E-state index in [1.807, 2.05) is 13.0 Å². The molecule has 1 N–H and O–H groups in total. The molecule has 0 radical (unpaired) electrons. The van der Waals surface area contributed by atoms with E-state index in [9.17, 15) is 18.0 Å². The van der Waals surface area contributed by atoms with Gasteiger partial charge in [0.15, 0.2) is 15.9 Å². The lowest BCUT2D eigenvalue weighted by atomic mass is 10.1. The number of benzene rings is 1. The molecule has 1 amide bonds. The summed E-state index contributed by atoms with van der Waals surface area (Å²) in [4.78, 5) is 24.1. The van der Waals surface area contributed by atoms with E-state index in [1.165, 1.54) is 20.1 Å². The molecule has 1 heterocycles. The van der Waals surface area contributed by atoms with Crippen LogP contribution in [0.3, 0.4) is 0 Å². The standard InChI is InChI=1S/C17H21NO6S/c1-11-4-5-15(23-3)14(8-11)18-17(20)12(2)24-16(19)9-13-6-7-25(21,22)10-13/h4-8,12-13H,9-10H2,1-3H3,(H,18,20)/t12-,13-/m0/s1. The number of allylic oxidation sites excluding steroid dienone is 1. The van der Waals surface area contributed by atoms with Gasteiger partial charge in [-0.15, -0.1) is 0 Å². The number of hydrogen-bond acceptors (Lipinski definition) is 6. The molecule has 1 aliphatic heterocycles. The van der Waals surface area contributed by atoms with Crippen LogP contribution in [0.15, 0.2) is 29.7 Å². The van der Waals surface area contributed by atoms with E-state index in [-0.39, 0.29) is 12.2 Å². The van der Waals surface area contributed by atoms with E-state index < -0.39 is 33.7 Å². The first-order valence-corrected chi connectivity index (χ1v) is 9.47. The molecule has 0 saturated heterocycles. The van der Waals surface area contributed by atoms with Crippen LogP contribution in [0.4, 0.5) is 5.69 Å². The van der Waals surface area contributed by atoms with Crippen molar-refractivity contribution in [2.75, 3.05) is 18.2 Å². The maximum atomic E-state index is 12.2. The zero-order valence-corrected chi connectivity index (χ0v) is 15.1. The molecule has 2 atom stereocenters. The van der Waals surface area contributed by atoms with Crippen molar-refractivity contribution >= 4 is 27.4 Å². The number of sulfone groups is 1. The van der Waals surface area contributed by atoms with Gasteiger partial charge in [0.25, 0.3) is 5.91 Å². The summed E-state index contributed by atoms with van der Waals surface area (Å²) in [6, 6.07) is 5.33. The number of carbonyl (C=O) groups is 2. The molecule has 0 bridgehead atoms. The van der Waals surface area contributed by atoms with Crippen LogP contribution in [0.1, 0.15) is 18.9 Å². The summed E-state index contributed by atoms with van der Waals surface area (Å²) in [6.07, 6.45) is 0.375. The van der Waals surface area contributed by atoms with Crippen LogP contribution in [0, 0.1) is 12.8 Å². The van der Waals surface area contributed by atoms with Gasteiger partial charge in [-0.1, -0.05) is 12.1 Å². The minimum atomic E-state index is -3.22. The van der Waals surface area contributed by atoms with Gasteiger partial charge in [-0.25, -0.2) is 8.42 Å². The van der Waals surface area contributed by atoms with E-state index in [0.717, 1.165) is 11.0 Å². The molecule has 0 saturated carbocycles. The van der Waals surface area contributed by atoms with Gasteiger partial charge in [-0.05, 0) is 31.5 Å². The SMILES string of the molecule is COc1ccc(C)cc1NC(=O)[C@H](C)OC(=O)C[C@@H]1C=CS(=O)(=O)C1. The second-order valence-corrected chi connectivity index (χ2v) is 7.88. The molecule has 7 nitrogen and oxygen atoms in total. The molecular weight excluding hydrogens is 346 g/mol. The highest BCUT2D eigenvalue weighted by Gasteiger charge is 2.26. The van der Waals surface area contributed by atoms with Crippen molar-refractivity contribution in [2.24, 2.45) is 5.92 Å². The lowest BCUT2D eigenvalue weighted by Gasteiger charge is -2.16. The zero-order valence-electron chi connectivity index (χ0n) is 14.3. The third-order valence-corrected chi connectivity index (χ3v) is 5.19. The van der Waals surface area contributed by atoms with Gasteiger partial charge in [0.05, 0.1) is 25.0 Å². The molecule has 0 unspecified atom stereocenters. The monoisotopic (exact) mass is 367 g/mol.